The zero-order chi connectivity index (χ0) is 42.1. The van der Waals surface area contributed by atoms with Crippen LogP contribution in [0.3, 0.4) is 0 Å². The minimum Gasteiger partial charge on any atom is -0.455 e. The predicted molar refractivity (Wildman–Crippen MR) is 272 cm³/mol. The first-order valence-electron chi connectivity index (χ1n) is 21.7. The fourth-order valence-electron chi connectivity index (χ4n) is 9.74. The number of para-hydroxylation sites is 3. The van der Waals surface area contributed by atoms with E-state index in [2.05, 4.69) is 234 Å². The van der Waals surface area contributed by atoms with Gasteiger partial charge in [-0.25, -0.2) is 0 Å². The lowest BCUT2D eigenvalue weighted by molar-refractivity contribution is 0.670. The van der Waals surface area contributed by atoms with Crippen molar-refractivity contribution in [3.05, 3.63) is 231 Å². The van der Waals surface area contributed by atoms with Crippen LogP contribution in [0.25, 0.3) is 103 Å². The summed E-state index contributed by atoms with van der Waals surface area (Å²) in [5.41, 5.74) is 15.6. The van der Waals surface area contributed by atoms with Crippen molar-refractivity contribution in [1.82, 2.24) is 4.57 Å². The zero-order valence-corrected chi connectivity index (χ0v) is 35.5. The molecule has 13 rings (SSSR count). The Morgan fingerprint density at radius 2 is 0.922 bits per heavy atom. The Morgan fingerprint density at radius 3 is 1.70 bits per heavy atom. The topological polar surface area (TPSA) is 21.3 Å². The maximum atomic E-state index is 6.51. The quantitative estimate of drug-likeness (QED) is 0.159. The van der Waals surface area contributed by atoms with Crippen molar-refractivity contribution in [1.29, 1.82) is 0 Å². The van der Waals surface area contributed by atoms with Gasteiger partial charge in [0.05, 0.1) is 11.0 Å². The first kappa shape index (κ1) is 36.5. The van der Waals surface area contributed by atoms with Crippen LogP contribution in [0, 0.1) is 0 Å². The summed E-state index contributed by atoms with van der Waals surface area (Å²) in [5.74, 6) is 0. The molecule has 0 saturated heterocycles. The molecule has 0 spiro atoms. The number of anilines is 3. The Bertz CT molecular complexity index is 3880. The Kier molecular flexibility index (Phi) is 8.40. The lowest BCUT2D eigenvalue weighted by Gasteiger charge is -2.26. The number of furan rings is 1. The van der Waals surface area contributed by atoms with Gasteiger partial charge in [0.2, 0.25) is 0 Å². The molecule has 3 aromatic heterocycles. The third kappa shape index (κ3) is 5.95. The van der Waals surface area contributed by atoms with Crippen LogP contribution in [-0.4, -0.2) is 4.57 Å². The number of hydrogen-bond donors (Lipinski definition) is 0. The monoisotopic (exact) mass is 834 g/mol. The summed E-state index contributed by atoms with van der Waals surface area (Å²) in [7, 11) is 0. The predicted octanol–water partition coefficient (Wildman–Crippen LogP) is 17.5. The van der Waals surface area contributed by atoms with Crippen LogP contribution in [-0.2, 0) is 0 Å². The SMILES string of the molecule is c1ccc(-c2cccc3c2oc2ccc(-c4ccc(N(c5ccc(-c6ccc7c8ccccc8n(-c8ccccc8)c7c6)cc5)c5ccc6c(c5)sc5ccccc56)cc4)cc23)cc1. The fourth-order valence-corrected chi connectivity index (χ4v) is 10.9. The van der Waals surface area contributed by atoms with Gasteiger partial charge in [0.15, 0.2) is 0 Å². The summed E-state index contributed by atoms with van der Waals surface area (Å²) < 4.78 is 11.5. The van der Waals surface area contributed by atoms with E-state index in [9.17, 15) is 0 Å². The summed E-state index contributed by atoms with van der Waals surface area (Å²) in [5, 5.41) is 7.34. The van der Waals surface area contributed by atoms with Crippen molar-refractivity contribution in [3.63, 3.8) is 0 Å². The molecule has 0 aliphatic rings. The minimum absolute atomic E-state index is 0.892. The van der Waals surface area contributed by atoms with E-state index in [0.717, 1.165) is 66.9 Å². The largest absolute Gasteiger partial charge is 0.455 e. The lowest BCUT2D eigenvalue weighted by Crippen LogP contribution is -2.09. The molecule has 0 atom stereocenters. The van der Waals surface area contributed by atoms with Crippen LogP contribution in [0.15, 0.2) is 235 Å². The molecular weight excluding hydrogens is 797 g/mol. The van der Waals surface area contributed by atoms with Crippen LogP contribution < -0.4 is 4.90 Å². The number of thiophene rings is 1. The van der Waals surface area contributed by atoms with Gasteiger partial charge < -0.3 is 13.9 Å². The van der Waals surface area contributed by atoms with Gasteiger partial charge in [-0.15, -0.1) is 11.3 Å². The van der Waals surface area contributed by atoms with Gasteiger partial charge in [0.1, 0.15) is 11.2 Å². The highest BCUT2D eigenvalue weighted by Gasteiger charge is 2.18. The number of rotatable bonds is 7. The smallest absolute Gasteiger partial charge is 0.143 e. The van der Waals surface area contributed by atoms with Crippen molar-refractivity contribution >= 4 is 92.3 Å². The van der Waals surface area contributed by atoms with Crippen LogP contribution in [0.5, 0.6) is 0 Å². The Morgan fingerprint density at radius 1 is 0.344 bits per heavy atom. The number of aromatic nitrogens is 1. The van der Waals surface area contributed by atoms with Gasteiger partial charge in [-0.05, 0) is 107 Å². The molecule has 3 heterocycles. The molecule has 64 heavy (non-hydrogen) atoms. The Balaban J connectivity index is 0.894. The van der Waals surface area contributed by atoms with Gasteiger partial charge in [0.25, 0.3) is 0 Å². The van der Waals surface area contributed by atoms with E-state index >= 15 is 0 Å². The summed E-state index contributed by atoms with van der Waals surface area (Å²) >= 11 is 1.85. The first-order valence-corrected chi connectivity index (χ1v) is 22.6. The second-order valence-corrected chi connectivity index (χ2v) is 17.6. The van der Waals surface area contributed by atoms with Crippen molar-refractivity contribution in [2.24, 2.45) is 0 Å². The van der Waals surface area contributed by atoms with E-state index in [1.807, 2.05) is 17.4 Å². The van der Waals surface area contributed by atoms with E-state index in [1.54, 1.807) is 0 Å². The van der Waals surface area contributed by atoms with Gasteiger partial charge in [-0.1, -0.05) is 152 Å². The molecule has 0 N–H and O–H groups in total. The van der Waals surface area contributed by atoms with Crippen molar-refractivity contribution in [2.75, 3.05) is 4.90 Å². The highest BCUT2D eigenvalue weighted by Crippen LogP contribution is 2.43. The molecule has 3 nitrogen and oxygen atoms in total. The minimum atomic E-state index is 0.892. The normalized spacial score (nSPS) is 11.8. The molecule has 0 amide bonds. The van der Waals surface area contributed by atoms with E-state index < -0.39 is 0 Å². The maximum Gasteiger partial charge on any atom is 0.143 e. The molecule has 0 aliphatic carbocycles. The van der Waals surface area contributed by atoms with Crippen molar-refractivity contribution in [3.8, 4) is 39.1 Å². The van der Waals surface area contributed by atoms with Crippen LogP contribution >= 0.6 is 11.3 Å². The Hall–Kier alpha value is -8.18. The first-order chi connectivity index (χ1) is 31.7. The molecule has 0 bridgehead atoms. The molecule has 10 aromatic carbocycles. The fraction of sp³-hybridized carbons (Fsp3) is 0. The average molecular weight is 835 g/mol. The number of hydrogen-bond acceptors (Lipinski definition) is 3. The molecule has 0 saturated carbocycles. The van der Waals surface area contributed by atoms with Gasteiger partial charge in [-0.3, -0.25) is 0 Å². The summed E-state index contributed by atoms with van der Waals surface area (Å²) in [6.45, 7) is 0. The van der Waals surface area contributed by atoms with Crippen LogP contribution in [0.1, 0.15) is 0 Å². The zero-order valence-electron chi connectivity index (χ0n) is 34.7. The number of benzene rings is 10. The van der Waals surface area contributed by atoms with Gasteiger partial charge >= 0.3 is 0 Å². The average Bonchev–Trinajstić information content (AvgIpc) is 4.04. The van der Waals surface area contributed by atoms with E-state index in [1.165, 1.54) is 53.1 Å². The molecule has 0 fully saturated rings. The molecule has 300 valence electrons. The van der Waals surface area contributed by atoms with Gasteiger partial charge in [-0.2, -0.15) is 0 Å². The molecule has 0 radical (unpaired) electrons. The molecule has 4 heteroatoms. The second kappa shape index (κ2) is 14.7. The van der Waals surface area contributed by atoms with Crippen LogP contribution in [0.2, 0.25) is 0 Å². The third-order valence-electron chi connectivity index (χ3n) is 12.8. The third-order valence-corrected chi connectivity index (χ3v) is 13.9. The lowest BCUT2D eigenvalue weighted by atomic mass is 10.00. The molecule has 0 unspecified atom stereocenters. The highest BCUT2D eigenvalue weighted by molar-refractivity contribution is 7.25. The highest BCUT2D eigenvalue weighted by atomic mass is 32.1. The van der Waals surface area contributed by atoms with Gasteiger partial charge in [0, 0.05) is 70.0 Å². The standard InChI is InChI=1S/C60H38N2OS/c1-3-12-41(13-4-1)48-18-11-19-53-54-36-42(27-35-57(54)63-60(48)53)39-22-28-45(29-23-39)61(47-32-34-52-51-17-8-10-21-58(51)64-59(52)38-47)46-30-24-40(25-31-46)43-26-33-50-49-16-7-9-20-55(49)62(56(50)37-43)44-14-5-2-6-15-44/h1-38H. The molecule has 0 aliphatic heterocycles. The van der Waals surface area contributed by atoms with Crippen molar-refractivity contribution in [2.45, 2.75) is 0 Å². The number of fused-ring (bicyclic) bond motifs is 9. The summed E-state index contributed by atoms with van der Waals surface area (Å²) in [4.78, 5) is 2.38. The Labute approximate surface area is 373 Å². The molecular formula is C60H38N2OS. The van der Waals surface area contributed by atoms with Crippen molar-refractivity contribution < 1.29 is 4.42 Å². The summed E-state index contributed by atoms with van der Waals surface area (Å²) in [6.07, 6.45) is 0. The molecule has 13 aromatic rings. The maximum absolute atomic E-state index is 6.51. The van der Waals surface area contributed by atoms with Crippen LogP contribution in [0.4, 0.5) is 17.1 Å². The number of nitrogens with zero attached hydrogens (tertiary/aromatic N) is 2. The second-order valence-electron chi connectivity index (χ2n) is 16.5. The van der Waals surface area contributed by atoms with E-state index in [-0.39, 0.29) is 0 Å². The summed E-state index contributed by atoms with van der Waals surface area (Å²) in [6, 6.07) is 83.4. The van der Waals surface area contributed by atoms with E-state index in [4.69, 9.17) is 4.42 Å². The van der Waals surface area contributed by atoms with E-state index in [0.29, 0.717) is 0 Å².